The number of aromatic nitrogens is 4. The highest BCUT2D eigenvalue weighted by Gasteiger charge is 2.35. The normalized spacial score (nSPS) is 16.3. The van der Waals surface area contributed by atoms with Crippen molar-refractivity contribution in [2.75, 3.05) is 13.2 Å². The highest BCUT2D eigenvalue weighted by atomic mass is 16.5. The van der Waals surface area contributed by atoms with Crippen LogP contribution in [0.3, 0.4) is 0 Å². The van der Waals surface area contributed by atoms with E-state index in [1.807, 2.05) is 31.2 Å². The number of likely N-dealkylation sites (tertiary alicyclic amines) is 1. The fraction of sp³-hybridized carbons (Fsp3) is 0.350. The third kappa shape index (κ3) is 4.00. The largest absolute Gasteiger partial charge is 0.493 e. The van der Waals surface area contributed by atoms with Crippen molar-refractivity contribution in [3.63, 3.8) is 0 Å². The number of hydrogen-bond donors (Lipinski definition) is 0. The monoisotopic (exact) mass is 379 g/mol. The number of nitrogens with zero attached hydrogens (tertiary/aromatic N) is 5. The number of rotatable bonds is 6. The standard InChI is InChI=1S/C20H21N5O3/c1-14-4-2-5-15(12-14)27-11-7-18-23-19(28-24-18)17-6-3-10-25(17)20(26)16-13-21-8-9-22-16/h2,4-5,8-9,12-13,17H,3,6-7,10-11H2,1H3. The second-order valence-corrected chi connectivity index (χ2v) is 6.71. The van der Waals surface area contributed by atoms with E-state index >= 15 is 0 Å². The molecule has 8 heteroatoms. The second-order valence-electron chi connectivity index (χ2n) is 6.71. The Morgan fingerprint density at radius 2 is 2.29 bits per heavy atom. The van der Waals surface area contributed by atoms with Gasteiger partial charge in [-0.05, 0) is 37.5 Å². The average molecular weight is 379 g/mol. The topological polar surface area (TPSA) is 94.2 Å². The molecule has 1 aliphatic heterocycles. The molecule has 0 radical (unpaired) electrons. The number of carbonyl (C=O) groups excluding carboxylic acids is 1. The van der Waals surface area contributed by atoms with Gasteiger partial charge in [-0.3, -0.25) is 9.78 Å². The van der Waals surface area contributed by atoms with Crippen molar-refractivity contribution in [2.24, 2.45) is 0 Å². The fourth-order valence-electron chi connectivity index (χ4n) is 3.29. The van der Waals surface area contributed by atoms with Gasteiger partial charge in [0.1, 0.15) is 17.5 Å². The molecule has 0 aliphatic carbocycles. The van der Waals surface area contributed by atoms with E-state index < -0.39 is 0 Å². The van der Waals surface area contributed by atoms with Crippen LogP contribution in [-0.2, 0) is 6.42 Å². The van der Waals surface area contributed by atoms with Crippen LogP contribution in [0.1, 0.15) is 46.7 Å². The van der Waals surface area contributed by atoms with E-state index in [1.165, 1.54) is 12.4 Å². The zero-order valence-corrected chi connectivity index (χ0v) is 15.6. The van der Waals surface area contributed by atoms with Gasteiger partial charge in [-0.25, -0.2) is 4.98 Å². The van der Waals surface area contributed by atoms with E-state index in [-0.39, 0.29) is 11.9 Å². The first-order valence-corrected chi connectivity index (χ1v) is 9.29. The van der Waals surface area contributed by atoms with Gasteiger partial charge in [0.2, 0.25) is 5.89 Å². The molecular weight excluding hydrogens is 358 g/mol. The van der Waals surface area contributed by atoms with Crippen LogP contribution in [0.4, 0.5) is 0 Å². The fourth-order valence-corrected chi connectivity index (χ4v) is 3.29. The first-order chi connectivity index (χ1) is 13.7. The summed E-state index contributed by atoms with van der Waals surface area (Å²) in [4.78, 5) is 27.0. The molecule has 8 nitrogen and oxygen atoms in total. The minimum atomic E-state index is -0.228. The van der Waals surface area contributed by atoms with E-state index in [2.05, 4.69) is 20.1 Å². The van der Waals surface area contributed by atoms with Crippen molar-refractivity contribution in [1.29, 1.82) is 0 Å². The maximum absolute atomic E-state index is 12.7. The van der Waals surface area contributed by atoms with E-state index in [4.69, 9.17) is 9.26 Å². The Morgan fingerprint density at radius 1 is 1.36 bits per heavy atom. The lowest BCUT2D eigenvalue weighted by Gasteiger charge is -2.21. The van der Waals surface area contributed by atoms with Crippen LogP contribution in [0.2, 0.25) is 0 Å². The van der Waals surface area contributed by atoms with Gasteiger partial charge in [0.15, 0.2) is 5.82 Å². The molecule has 3 aromatic rings. The first-order valence-electron chi connectivity index (χ1n) is 9.29. The molecule has 1 aromatic carbocycles. The molecule has 1 amide bonds. The quantitative estimate of drug-likeness (QED) is 0.650. The summed E-state index contributed by atoms with van der Waals surface area (Å²) in [6.07, 6.45) is 6.72. The molecule has 0 spiro atoms. The van der Waals surface area contributed by atoms with E-state index in [0.29, 0.717) is 37.0 Å². The molecule has 4 rings (SSSR count). The van der Waals surface area contributed by atoms with Crippen molar-refractivity contribution >= 4 is 5.91 Å². The third-order valence-corrected chi connectivity index (χ3v) is 4.65. The molecule has 0 N–H and O–H groups in total. The summed E-state index contributed by atoms with van der Waals surface area (Å²) in [6, 6.07) is 7.65. The summed E-state index contributed by atoms with van der Waals surface area (Å²) in [5.41, 5.74) is 1.47. The van der Waals surface area contributed by atoms with Crippen LogP contribution in [0.15, 0.2) is 47.4 Å². The Kier molecular flexibility index (Phi) is 5.27. The maximum atomic E-state index is 12.7. The van der Waals surface area contributed by atoms with Crippen molar-refractivity contribution in [2.45, 2.75) is 32.2 Å². The van der Waals surface area contributed by atoms with Crippen LogP contribution in [0.5, 0.6) is 5.75 Å². The number of ether oxygens (including phenoxy) is 1. The highest BCUT2D eigenvalue weighted by molar-refractivity contribution is 5.92. The number of carbonyl (C=O) groups is 1. The van der Waals surface area contributed by atoms with Crippen molar-refractivity contribution in [3.05, 3.63) is 65.8 Å². The summed E-state index contributed by atoms with van der Waals surface area (Å²) in [7, 11) is 0. The lowest BCUT2D eigenvalue weighted by molar-refractivity contribution is 0.0703. The molecule has 1 saturated heterocycles. The van der Waals surface area contributed by atoms with Crippen molar-refractivity contribution in [1.82, 2.24) is 25.0 Å². The molecular formula is C20H21N5O3. The lowest BCUT2D eigenvalue weighted by atomic mass is 10.2. The smallest absolute Gasteiger partial charge is 0.274 e. The van der Waals surface area contributed by atoms with E-state index in [9.17, 15) is 4.79 Å². The Morgan fingerprint density at radius 3 is 3.11 bits per heavy atom. The van der Waals surface area contributed by atoms with Gasteiger partial charge in [0, 0.05) is 25.4 Å². The molecule has 3 heterocycles. The Hall–Kier alpha value is -3.29. The number of hydrogen-bond acceptors (Lipinski definition) is 7. The second kappa shape index (κ2) is 8.16. The van der Waals surface area contributed by atoms with Gasteiger partial charge in [-0.15, -0.1) is 0 Å². The molecule has 2 aromatic heterocycles. The summed E-state index contributed by atoms with van der Waals surface area (Å²) < 4.78 is 11.2. The van der Waals surface area contributed by atoms with Gasteiger partial charge in [-0.2, -0.15) is 4.98 Å². The predicted molar refractivity (Wildman–Crippen MR) is 99.7 cm³/mol. The first kappa shape index (κ1) is 18.1. The van der Waals surface area contributed by atoms with Crippen LogP contribution in [0.25, 0.3) is 0 Å². The zero-order valence-electron chi connectivity index (χ0n) is 15.6. The lowest BCUT2D eigenvalue weighted by Crippen LogP contribution is -2.31. The number of benzene rings is 1. The van der Waals surface area contributed by atoms with Crippen LogP contribution in [0, 0.1) is 6.92 Å². The summed E-state index contributed by atoms with van der Waals surface area (Å²) in [6.45, 7) is 3.11. The Labute approximate surface area is 162 Å². The number of amides is 1. The molecule has 1 unspecified atom stereocenters. The summed E-state index contributed by atoms with van der Waals surface area (Å²) >= 11 is 0. The summed E-state index contributed by atoms with van der Waals surface area (Å²) in [5.74, 6) is 1.68. The maximum Gasteiger partial charge on any atom is 0.274 e. The van der Waals surface area contributed by atoms with Gasteiger partial charge >= 0.3 is 0 Å². The molecule has 0 saturated carbocycles. The molecule has 0 bridgehead atoms. The molecule has 28 heavy (non-hydrogen) atoms. The average Bonchev–Trinajstić information content (AvgIpc) is 3.37. The minimum Gasteiger partial charge on any atom is -0.493 e. The summed E-state index contributed by atoms with van der Waals surface area (Å²) in [5, 5.41) is 4.04. The van der Waals surface area contributed by atoms with Gasteiger partial charge in [-0.1, -0.05) is 17.3 Å². The van der Waals surface area contributed by atoms with Crippen LogP contribution >= 0.6 is 0 Å². The predicted octanol–water partition coefficient (Wildman–Crippen LogP) is 2.77. The van der Waals surface area contributed by atoms with Gasteiger partial charge in [0.25, 0.3) is 5.91 Å². The van der Waals surface area contributed by atoms with Crippen LogP contribution < -0.4 is 4.74 Å². The van der Waals surface area contributed by atoms with E-state index in [0.717, 1.165) is 24.2 Å². The Bertz CT molecular complexity index is 944. The molecule has 1 atom stereocenters. The molecule has 1 aliphatic rings. The van der Waals surface area contributed by atoms with E-state index in [1.54, 1.807) is 11.1 Å². The highest BCUT2D eigenvalue weighted by Crippen LogP contribution is 2.31. The van der Waals surface area contributed by atoms with Gasteiger partial charge < -0.3 is 14.2 Å². The zero-order chi connectivity index (χ0) is 19.3. The molecule has 1 fully saturated rings. The Balaban J connectivity index is 1.38. The minimum absolute atomic E-state index is 0.168. The number of aryl methyl sites for hydroxylation is 1. The van der Waals surface area contributed by atoms with Crippen LogP contribution in [-0.4, -0.2) is 44.1 Å². The van der Waals surface area contributed by atoms with Gasteiger partial charge in [0.05, 0.1) is 12.8 Å². The SMILES string of the molecule is Cc1cccc(OCCc2noc(C3CCCN3C(=O)c3cnccn3)n2)c1. The molecule has 144 valence electrons. The van der Waals surface area contributed by atoms with Crippen molar-refractivity contribution < 1.29 is 14.1 Å². The third-order valence-electron chi connectivity index (χ3n) is 4.65. The van der Waals surface area contributed by atoms with Crippen molar-refractivity contribution in [3.8, 4) is 5.75 Å².